The Balaban J connectivity index is 1.12. The smallest absolute Gasteiger partial charge is 0.145 e. The summed E-state index contributed by atoms with van der Waals surface area (Å²) in [5.74, 6) is 0. The van der Waals surface area contributed by atoms with E-state index in [0.717, 1.165) is 121 Å². The lowest BCUT2D eigenvalue weighted by Crippen LogP contribution is -2.01. The molecule has 13 aromatic rings. The van der Waals surface area contributed by atoms with Crippen LogP contribution in [0.5, 0.6) is 0 Å². The molecule has 286 valence electrons. The van der Waals surface area contributed by atoms with Crippen LogP contribution in [-0.4, -0.2) is 9.13 Å². The zero-order chi connectivity index (χ0) is 41.1. The second-order valence-electron chi connectivity index (χ2n) is 15.8. The van der Waals surface area contributed by atoms with Gasteiger partial charge in [0.1, 0.15) is 22.3 Å². The fourth-order valence-electron chi connectivity index (χ4n) is 9.91. The minimum atomic E-state index is 0.524. The quantitative estimate of drug-likeness (QED) is 0.178. The highest BCUT2D eigenvalue weighted by atomic mass is 16.3. The molecule has 0 fully saturated rings. The standard InChI is InChI=1S/C56H30N4O2/c57-31-33-10-9-11-34(28-33)38-22-20-35(29-36(38)32-58)39-23-21-37(59-46-16-5-1-14-44(46)53-48(59)26-24-42-40-12-3-7-18-51(40)61-55(42)53)30-50(39)60-47-17-6-2-15-45(47)54-49(60)27-25-43-41-13-4-8-19-52(41)62-56(43)54/h1-30H. The lowest BCUT2D eigenvalue weighted by molar-refractivity contribution is 0.672. The van der Waals surface area contributed by atoms with Crippen LogP contribution in [0.2, 0.25) is 0 Å². The van der Waals surface area contributed by atoms with Gasteiger partial charge in [0.15, 0.2) is 0 Å². The van der Waals surface area contributed by atoms with E-state index >= 15 is 0 Å². The first-order valence-corrected chi connectivity index (χ1v) is 20.5. The van der Waals surface area contributed by atoms with Crippen molar-refractivity contribution in [3.05, 3.63) is 193 Å². The maximum atomic E-state index is 10.6. The molecule has 6 nitrogen and oxygen atoms in total. The average molecular weight is 791 g/mol. The van der Waals surface area contributed by atoms with Crippen molar-refractivity contribution in [1.29, 1.82) is 10.5 Å². The van der Waals surface area contributed by atoms with Crippen LogP contribution in [0.3, 0.4) is 0 Å². The van der Waals surface area contributed by atoms with Gasteiger partial charge in [-0.05, 0) is 95.6 Å². The van der Waals surface area contributed by atoms with Gasteiger partial charge in [-0.3, -0.25) is 0 Å². The number of hydrogen-bond acceptors (Lipinski definition) is 4. The molecule has 0 bridgehead atoms. The summed E-state index contributed by atoms with van der Waals surface area (Å²) in [6.45, 7) is 0. The molecular weight excluding hydrogens is 761 g/mol. The van der Waals surface area contributed by atoms with Gasteiger partial charge in [0.25, 0.3) is 0 Å². The van der Waals surface area contributed by atoms with Crippen LogP contribution >= 0.6 is 0 Å². The minimum absolute atomic E-state index is 0.524. The number of benzene rings is 9. The van der Waals surface area contributed by atoms with Crippen molar-refractivity contribution in [1.82, 2.24) is 9.13 Å². The molecular formula is C56H30N4O2. The molecule has 0 N–H and O–H groups in total. The molecule has 13 rings (SSSR count). The predicted octanol–water partition coefficient (Wildman–Crippen LogP) is 14.8. The van der Waals surface area contributed by atoms with Crippen molar-refractivity contribution in [2.45, 2.75) is 0 Å². The Morgan fingerprint density at radius 1 is 0.387 bits per heavy atom. The molecule has 9 aromatic carbocycles. The number of para-hydroxylation sites is 4. The van der Waals surface area contributed by atoms with Crippen LogP contribution < -0.4 is 0 Å². The van der Waals surface area contributed by atoms with E-state index in [1.54, 1.807) is 6.07 Å². The highest BCUT2D eigenvalue weighted by Crippen LogP contribution is 2.45. The third kappa shape index (κ3) is 4.72. The fourth-order valence-corrected chi connectivity index (χ4v) is 9.91. The monoisotopic (exact) mass is 790 g/mol. The molecule has 0 radical (unpaired) electrons. The van der Waals surface area contributed by atoms with Gasteiger partial charge < -0.3 is 18.0 Å². The predicted molar refractivity (Wildman–Crippen MR) is 250 cm³/mol. The van der Waals surface area contributed by atoms with Crippen LogP contribution in [0.4, 0.5) is 0 Å². The van der Waals surface area contributed by atoms with Crippen molar-refractivity contribution in [2.24, 2.45) is 0 Å². The van der Waals surface area contributed by atoms with Crippen molar-refractivity contribution >= 4 is 87.5 Å². The Bertz CT molecular complexity index is 4140. The Morgan fingerprint density at radius 2 is 0.952 bits per heavy atom. The molecule has 0 amide bonds. The molecule has 0 spiro atoms. The zero-order valence-electron chi connectivity index (χ0n) is 32.9. The van der Waals surface area contributed by atoms with Crippen molar-refractivity contribution in [2.75, 3.05) is 0 Å². The highest BCUT2D eigenvalue weighted by molar-refractivity contribution is 6.25. The summed E-state index contributed by atoms with van der Waals surface area (Å²) >= 11 is 0. The topological polar surface area (TPSA) is 83.7 Å². The van der Waals surface area contributed by atoms with Crippen molar-refractivity contribution in [3.63, 3.8) is 0 Å². The largest absolute Gasteiger partial charge is 0.455 e. The van der Waals surface area contributed by atoms with Gasteiger partial charge in [-0.25, -0.2) is 0 Å². The molecule has 0 atom stereocenters. The number of rotatable bonds is 4. The molecule has 0 unspecified atom stereocenters. The molecule has 0 aliphatic heterocycles. The van der Waals surface area contributed by atoms with Crippen molar-refractivity contribution in [3.8, 4) is 45.8 Å². The molecule has 0 aliphatic carbocycles. The minimum Gasteiger partial charge on any atom is -0.455 e. The van der Waals surface area contributed by atoms with E-state index in [-0.39, 0.29) is 0 Å². The molecule has 6 heteroatoms. The summed E-state index contributed by atoms with van der Waals surface area (Å²) in [5, 5.41) is 28.9. The fraction of sp³-hybridized carbons (Fsp3) is 0. The van der Waals surface area contributed by atoms with E-state index in [1.165, 1.54) is 0 Å². The Kier molecular flexibility index (Phi) is 7.05. The van der Waals surface area contributed by atoms with Gasteiger partial charge in [-0.1, -0.05) is 103 Å². The first-order chi connectivity index (χ1) is 30.7. The van der Waals surface area contributed by atoms with Gasteiger partial charge in [-0.2, -0.15) is 10.5 Å². The SMILES string of the molecule is N#Cc1cccc(-c2ccc(-c3ccc(-n4c5ccccc5c5c6oc7ccccc7c6ccc54)cc3-n3c4ccccc4c4c5oc6ccccc6c5ccc43)cc2C#N)c1. The molecule has 4 aromatic heterocycles. The molecule has 0 saturated heterocycles. The van der Waals surface area contributed by atoms with E-state index < -0.39 is 0 Å². The van der Waals surface area contributed by atoms with E-state index in [1.807, 2.05) is 54.6 Å². The average Bonchev–Trinajstić information content (AvgIpc) is 4.09. The third-order valence-corrected chi connectivity index (χ3v) is 12.6. The first-order valence-electron chi connectivity index (χ1n) is 20.5. The maximum absolute atomic E-state index is 10.6. The third-order valence-electron chi connectivity index (χ3n) is 12.6. The Labute approximate surface area is 353 Å². The van der Waals surface area contributed by atoms with E-state index in [9.17, 15) is 10.5 Å². The second-order valence-corrected chi connectivity index (χ2v) is 15.8. The van der Waals surface area contributed by atoms with E-state index in [2.05, 4.69) is 143 Å². The normalized spacial score (nSPS) is 11.8. The van der Waals surface area contributed by atoms with E-state index in [0.29, 0.717) is 11.1 Å². The number of nitriles is 2. The van der Waals surface area contributed by atoms with Crippen molar-refractivity contribution < 1.29 is 8.83 Å². The lowest BCUT2D eigenvalue weighted by atomic mass is 9.94. The maximum Gasteiger partial charge on any atom is 0.145 e. The van der Waals surface area contributed by atoms with Crippen LogP contribution in [0, 0.1) is 22.7 Å². The number of fused-ring (bicyclic) bond motifs is 14. The summed E-state index contributed by atoms with van der Waals surface area (Å²) in [7, 11) is 0. The highest BCUT2D eigenvalue weighted by Gasteiger charge is 2.24. The number of hydrogen-bond donors (Lipinski definition) is 0. The summed E-state index contributed by atoms with van der Waals surface area (Å²) in [5.41, 5.74) is 14.0. The van der Waals surface area contributed by atoms with Gasteiger partial charge in [0.2, 0.25) is 0 Å². The molecule has 0 aliphatic rings. The first kappa shape index (κ1) is 34.1. The summed E-state index contributed by atoms with van der Waals surface area (Å²) < 4.78 is 18.0. The Morgan fingerprint density at radius 3 is 1.60 bits per heavy atom. The summed E-state index contributed by atoms with van der Waals surface area (Å²) in [6.07, 6.45) is 0. The van der Waals surface area contributed by atoms with Crippen LogP contribution in [-0.2, 0) is 0 Å². The summed E-state index contributed by atoms with van der Waals surface area (Å²) in [4.78, 5) is 0. The number of aromatic nitrogens is 2. The van der Waals surface area contributed by atoms with Crippen LogP contribution in [0.15, 0.2) is 191 Å². The van der Waals surface area contributed by atoms with Gasteiger partial charge in [0.05, 0.1) is 61.8 Å². The summed E-state index contributed by atoms with van der Waals surface area (Å²) in [6, 6.07) is 67.0. The molecule has 62 heavy (non-hydrogen) atoms. The number of nitrogens with zero attached hydrogens (tertiary/aromatic N) is 4. The lowest BCUT2D eigenvalue weighted by Gasteiger charge is -2.18. The molecule has 4 heterocycles. The van der Waals surface area contributed by atoms with Gasteiger partial charge in [0, 0.05) is 43.6 Å². The van der Waals surface area contributed by atoms with Crippen LogP contribution in [0.1, 0.15) is 11.1 Å². The van der Waals surface area contributed by atoms with Gasteiger partial charge in [-0.15, -0.1) is 0 Å². The second kappa shape index (κ2) is 12.8. The molecule has 0 saturated carbocycles. The van der Waals surface area contributed by atoms with Crippen LogP contribution in [0.25, 0.3) is 121 Å². The Hall–Kier alpha value is -8.84. The van der Waals surface area contributed by atoms with Gasteiger partial charge >= 0.3 is 0 Å². The number of furan rings is 2. The van der Waals surface area contributed by atoms with E-state index in [4.69, 9.17) is 8.83 Å². The zero-order valence-corrected chi connectivity index (χ0v) is 32.9.